The first-order valence-corrected chi connectivity index (χ1v) is 8.43. The fourth-order valence-corrected chi connectivity index (χ4v) is 4.04. The van der Waals surface area contributed by atoms with E-state index in [0.29, 0.717) is 0 Å². The highest BCUT2D eigenvalue weighted by Gasteiger charge is 2.30. The number of rotatable bonds is 3. The highest BCUT2D eigenvalue weighted by Crippen LogP contribution is 2.33. The van der Waals surface area contributed by atoms with E-state index < -0.39 is 5.97 Å². The molecule has 0 bridgehead atoms. The standard InChI is InChI=1S/C16H25NO2S/c1-16(2,3)13-10-20-14(17-13)9-11-7-5-4-6-8-12(11)15(18)19/h10-12H,4-9H2,1-3H3,(H,18,19). The quantitative estimate of drug-likeness (QED) is 0.847. The second-order valence-electron chi connectivity index (χ2n) is 6.92. The van der Waals surface area contributed by atoms with Crippen LogP contribution in [0.4, 0.5) is 0 Å². The molecule has 20 heavy (non-hydrogen) atoms. The summed E-state index contributed by atoms with van der Waals surface area (Å²) in [5, 5.41) is 12.7. The smallest absolute Gasteiger partial charge is 0.306 e. The molecule has 2 atom stereocenters. The summed E-state index contributed by atoms with van der Waals surface area (Å²) in [6.07, 6.45) is 6.08. The maximum absolute atomic E-state index is 11.5. The summed E-state index contributed by atoms with van der Waals surface area (Å²) in [6.45, 7) is 6.49. The van der Waals surface area contributed by atoms with Crippen molar-refractivity contribution in [2.75, 3.05) is 0 Å². The van der Waals surface area contributed by atoms with E-state index in [0.717, 1.165) is 42.8 Å². The van der Waals surface area contributed by atoms with Crippen molar-refractivity contribution >= 4 is 17.3 Å². The summed E-state index contributed by atoms with van der Waals surface area (Å²) >= 11 is 1.69. The minimum Gasteiger partial charge on any atom is -0.481 e. The molecule has 1 aromatic rings. The van der Waals surface area contributed by atoms with Crippen LogP contribution in [0.5, 0.6) is 0 Å². The fourth-order valence-electron chi connectivity index (χ4n) is 2.93. The van der Waals surface area contributed by atoms with Crippen molar-refractivity contribution in [3.8, 4) is 0 Å². The topological polar surface area (TPSA) is 50.2 Å². The monoisotopic (exact) mass is 295 g/mol. The van der Waals surface area contributed by atoms with Crippen LogP contribution in [0.25, 0.3) is 0 Å². The number of aromatic nitrogens is 1. The summed E-state index contributed by atoms with van der Waals surface area (Å²) in [5.41, 5.74) is 1.20. The first-order chi connectivity index (χ1) is 9.38. The molecule has 0 amide bonds. The molecule has 0 aromatic carbocycles. The lowest BCUT2D eigenvalue weighted by atomic mass is 9.85. The Labute approximate surface area is 125 Å². The Hall–Kier alpha value is -0.900. The minimum atomic E-state index is -0.621. The van der Waals surface area contributed by atoms with Crippen LogP contribution in [0.15, 0.2) is 5.38 Å². The van der Waals surface area contributed by atoms with Crippen molar-refractivity contribution in [1.29, 1.82) is 0 Å². The zero-order valence-electron chi connectivity index (χ0n) is 12.7. The Kier molecular flexibility index (Phi) is 4.84. The van der Waals surface area contributed by atoms with Crippen LogP contribution in [0.2, 0.25) is 0 Å². The zero-order valence-corrected chi connectivity index (χ0v) is 13.5. The highest BCUT2D eigenvalue weighted by molar-refractivity contribution is 7.09. The normalized spacial score (nSPS) is 24.4. The van der Waals surface area contributed by atoms with E-state index in [4.69, 9.17) is 4.98 Å². The van der Waals surface area contributed by atoms with Gasteiger partial charge in [0.1, 0.15) is 0 Å². The van der Waals surface area contributed by atoms with Crippen molar-refractivity contribution in [3.63, 3.8) is 0 Å². The van der Waals surface area contributed by atoms with Crippen LogP contribution in [0.3, 0.4) is 0 Å². The third-order valence-corrected chi connectivity index (χ3v) is 5.10. The molecule has 0 spiro atoms. The van der Waals surface area contributed by atoms with Gasteiger partial charge >= 0.3 is 5.97 Å². The van der Waals surface area contributed by atoms with Crippen LogP contribution in [0, 0.1) is 11.8 Å². The summed E-state index contributed by atoms with van der Waals surface area (Å²) < 4.78 is 0. The van der Waals surface area contributed by atoms with E-state index in [9.17, 15) is 9.90 Å². The van der Waals surface area contributed by atoms with Gasteiger partial charge in [-0.05, 0) is 18.8 Å². The average Bonchev–Trinajstić information content (AvgIpc) is 2.68. The average molecular weight is 295 g/mol. The van der Waals surface area contributed by atoms with Crippen molar-refractivity contribution in [2.24, 2.45) is 11.8 Å². The number of hydrogen-bond donors (Lipinski definition) is 1. The van der Waals surface area contributed by atoms with Gasteiger partial charge in [0.05, 0.1) is 16.6 Å². The summed E-state index contributed by atoms with van der Waals surface area (Å²) in [7, 11) is 0. The van der Waals surface area contributed by atoms with Crippen LogP contribution in [0.1, 0.15) is 63.6 Å². The molecule has 1 aliphatic carbocycles. The van der Waals surface area contributed by atoms with Crippen molar-refractivity contribution < 1.29 is 9.90 Å². The highest BCUT2D eigenvalue weighted by atomic mass is 32.1. The van der Waals surface area contributed by atoms with Gasteiger partial charge in [0, 0.05) is 17.2 Å². The van der Waals surface area contributed by atoms with Gasteiger partial charge in [-0.1, -0.05) is 40.0 Å². The molecule has 1 fully saturated rings. The van der Waals surface area contributed by atoms with Gasteiger partial charge in [-0.2, -0.15) is 0 Å². The van der Waals surface area contributed by atoms with Crippen LogP contribution < -0.4 is 0 Å². The van der Waals surface area contributed by atoms with Gasteiger partial charge in [0.2, 0.25) is 0 Å². The van der Waals surface area contributed by atoms with Crippen molar-refractivity contribution in [3.05, 3.63) is 16.1 Å². The number of carbonyl (C=O) groups is 1. The van der Waals surface area contributed by atoms with Crippen LogP contribution in [-0.4, -0.2) is 16.1 Å². The van der Waals surface area contributed by atoms with Gasteiger partial charge in [0.15, 0.2) is 0 Å². The summed E-state index contributed by atoms with van der Waals surface area (Å²) in [4.78, 5) is 16.2. The first kappa shape index (κ1) is 15.5. The maximum atomic E-state index is 11.5. The fraction of sp³-hybridized carbons (Fsp3) is 0.750. The molecule has 1 saturated carbocycles. The summed E-state index contributed by atoms with van der Waals surface area (Å²) in [6, 6.07) is 0. The van der Waals surface area contributed by atoms with Gasteiger partial charge in [-0.15, -0.1) is 11.3 Å². The molecule has 1 aliphatic rings. The van der Waals surface area contributed by atoms with E-state index in [1.165, 1.54) is 6.42 Å². The van der Waals surface area contributed by atoms with Crippen LogP contribution in [-0.2, 0) is 16.6 Å². The van der Waals surface area contributed by atoms with Crippen molar-refractivity contribution in [1.82, 2.24) is 4.98 Å². The summed E-state index contributed by atoms with van der Waals surface area (Å²) in [5.74, 6) is -0.544. The molecule has 1 aromatic heterocycles. The maximum Gasteiger partial charge on any atom is 0.306 e. The molecule has 3 nitrogen and oxygen atoms in total. The third kappa shape index (κ3) is 3.81. The molecule has 1 heterocycles. The molecule has 4 heteroatoms. The van der Waals surface area contributed by atoms with Crippen LogP contribution >= 0.6 is 11.3 Å². The van der Waals surface area contributed by atoms with E-state index in [-0.39, 0.29) is 17.3 Å². The molecule has 2 rings (SSSR count). The predicted molar refractivity (Wildman–Crippen MR) is 82.2 cm³/mol. The number of thiazole rings is 1. The number of nitrogens with zero attached hydrogens (tertiary/aromatic N) is 1. The molecule has 0 aliphatic heterocycles. The Morgan fingerprint density at radius 1 is 1.35 bits per heavy atom. The van der Waals surface area contributed by atoms with E-state index in [2.05, 4.69) is 26.2 Å². The molecular weight excluding hydrogens is 270 g/mol. The zero-order chi connectivity index (χ0) is 14.8. The Morgan fingerprint density at radius 3 is 2.65 bits per heavy atom. The molecular formula is C16H25NO2S. The van der Waals surface area contributed by atoms with E-state index >= 15 is 0 Å². The molecule has 2 unspecified atom stereocenters. The van der Waals surface area contributed by atoms with Gasteiger partial charge in [-0.3, -0.25) is 4.79 Å². The Morgan fingerprint density at radius 2 is 2.05 bits per heavy atom. The predicted octanol–water partition coefficient (Wildman–Crippen LogP) is 4.26. The van der Waals surface area contributed by atoms with E-state index in [1.54, 1.807) is 11.3 Å². The number of carboxylic acid groups (broad SMARTS) is 1. The largest absolute Gasteiger partial charge is 0.481 e. The van der Waals surface area contributed by atoms with Gasteiger partial charge in [-0.25, -0.2) is 4.98 Å². The van der Waals surface area contributed by atoms with Crippen molar-refractivity contribution in [2.45, 2.75) is 64.7 Å². The third-order valence-electron chi connectivity index (χ3n) is 4.23. The lowest BCUT2D eigenvalue weighted by Crippen LogP contribution is -2.24. The Balaban J connectivity index is 2.10. The number of carboxylic acids is 1. The minimum absolute atomic E-state index is 0.0738. The molecule has 1 N–H and O–H groups in total. The SMILES string of the molecule is CC(C)(C)c1csc(CC2CCCCCC2C(=O)O)n1. The lowest BCUT2D eigenvalue weighted by molar-refractivity contribution is -0.143. The molecule has 0 radical (unpaired) electrons. The molecule has 112 valence electrons. The second-order valence-corrected chi connectivity index (χ2v) is 7.87. The Bertz CT molecular complexity index is 461. The number of hydrogen-bond acceptors (Lipinski definition) is 3. The van der Waals surface area contributed by atoms with Gasteiger partial charge < -0.3 is 5.11 Å². The molecule has 0 saturated heterocycles. The second kappa shape index (κ2) is 6.25. The first-order valence-electron chi connectivity index (χ1n) is 7.55. The van der Waals surface area contributed by atoms with E-state index in [1.807, 2.05) is 0 Å². The van der Waals surface area contributed by atoms with Gasteiger partial charge in [0.25, 0.3) is 0 Å². The number of aliphatic carboxylic acids is 1. The lowest BCUT2D eigenvalue weighted by Gasteiger charge is -2.20.